The van der Waals surface area contributed by atoms with E-state index >= 15 is 0 Å². The van der Waals surface area contributed by atoms with E-state index in [9.17, 15) is 10.2 Å². The third kappa shape index (κ3) is 0.608. The van der Waals surface area contributed by atoms with Crippen LogP contribution in [0, 0.1) is 35.5 Å². The average molecular weight is 180 g/mol. The van der Waals surface area contributed by atoms with Crippen LogP contribution in [0.4, 0.5) is 0 Å². The van der Waals surface area contributed by atoms with Crippen LogP contribution in [0.25, 0.3) is 0 Å². The SMILES string of the molecule is O[C@@H]1C[C@H]2[C@@H]3C[C@H](O)[C@@H]4[C@@H]3C[C@H]2[C@@H]41. The first-order valence-electron chi connectivity index (χ1n) is 5.63. The molecule has 0 heterocycles. The van der Waals surface area contributed by atoms with Crippen LogP contribution in [0.15, 0.2) is 0 Å². The van der Waals surface area contributed by atoms with Gasteiger partial charge in [0.1, 0.15) is 0 Å². The van der Waals surface area contributed by atoms with Crippen molar-refractivity contribution in [2.24, 2.45) is 35.5 Å². The van der Waals surface area contributed by atoms with Crippen LogP contribution in [0.2, 0.25) is 0 Å². The predicted molar refractivity (Wildman–Crippen MR) is 46.8 cm³/mol. The van der Waals surface area contributed by atoms with Crippen molar-refractivity contribution < 1.29 is 10.2 Å². The molecule has 2 nitrogen and oxygen atoms in total. The number of fused-ring (bicyclic) bond motifs is 2. The second kappa shape index (κ2) is 1.96. The molecule has 4 fully saturated rings. The largest absolute Gasteiger partial charge is 0.393 e. The summed E-state index contributed by atoms with van der Waals surface area (Å²) in [6.07, 6.45) is 3.24. The van der Waals surface area contributed by atoms with Gasteiger partial charge in [-0.3, -0.25) is 0 Å². The zero-order valence-electron chi connectivity index (χ0n) is 7.63. The Balaban J connectivity index is 1.86. The molecule has 4 aliphatic carbocycles. The quantitative estimate of drug-likeness (QED) is 0.574. The van der Waals surface area contributed by atoms with Gasteiger partial charge in [-0.2, -0.15) is 0 Å². The molecule has 0 aromatic heterocycles. The Bertz CT molecular complexity index is 235. The number of hydrogen-bond acceptors (Lipinski definition) is 2. The molecule has 0 radical (unpaired) electrons. The molecule has 4 aliphatic rings. The van der Waals surface area contributed by atoms with Crippen molar-refractivity contribution in [1.82, 2.24) is 0 Å². The van der Waals surface area contributed by atoms with Gasteiger partial charge >= 0.3 is 0 Å². The number of rotatable bonds is 0. The van der Waals surface area contributed by atoms with Crippen molar-refractivity contribution >= 4 is 0 Å². The van der Waals surface area contributed by atoms with Gasteiger partial charge in [0.25, 0.3) is 0 Å². The van der Waals surface area contributed by atoms with E-state index in [4.69, 9.17) is 0 Å². The standard InChI is InChI=1S/C11H16O2/c12-8-2-4-5-3-9(13)11-7(5)1-6(4)10(8)11/h4-13H,1-3H2/t4-,5-,6+,7+,8-,9+,10-,11+/m0/s1. The zero-order chi connectivity index (χ0) is 8.74. The van der Waals surface area contributed by atoms with Gasteiger partial charge in [0.05, 0.1) is 12.2 Å². The van der Waals surface area contributed by atoms with Gasteiger partial charge in [-0.15, -0.1) is 0 Å². The van der Waals surface area contributed by atoms with Crippen LogP contribution in [0.3, 0.4) is 0 Å². The Kier molecular flexibility index (Phi) is 1.09. The van der Waals surface area contributed by atoms with E-state index in [1.807, 2.05) is 0 Å². The van der Waals surface area contributed by atoms with Crippen molar-refractivity contribution in [3.63, 3.8) is 0 Å². The lowest BCUT2D eigenvalue weighted by molar-refractivity contribution is 0.0365. The highest BCUT2D eigenvalue weighted by Gasteiger charge is 2.68. The Morgan fingerprint density at radius 2 is 1.08 bits per heavy atom. The molecular formula is C11H16O2. The lowest BCUT2D eigenvalue weighted by Crippen LogP contribution is -2.30. The summed E-state index contributed by atoms with van der Waals surface area (Å²) in [7, 11) is 0. The summed E-state index contributed by atoms with van der Waals surface area (Å²) in [4.78, 5) is 0. The van der Waals surface area contributed by atoms with E-state index in [0.29, 0.717) is 11.8 Å². The van der Waals surface area contributed by atoms with Crippen molar-refractivity contribution in [3.8, 4) is 0 Å². The van der Waals surface area contributed by atoms with Crippen LogP contribution in [-0.2, 0) is 0 Å². The molecule has 13 heavy (non-hydrogen) atoms. The highest BCUT2D eigenvalue weighted by Crippen LogP contribution is 2.70. The third-order valence-electron chi connectivity index (χ3n) is 5.54. The molecule has 0 aromatic rings. The van der Waals surface area contributed by atoms with E-state index in [2.05, 4.69) is 0 Å². The number of hydrogen-bond donors (Lipinski definition) is 2. The van der Waals surface area contributed by atoms with Crippen LogP contribution in [0.1, 0.15) is 19.3 Å². The van der Waals surface area contributed by atoms with E-state index in [-0.39, 0.29) is 12.2 Å². The van der Waals surface area contributed by atoms with Crippen molar-refractivity contribution in [2.45, 2.75) is 31.5 Å². The lowest BCUT2D eigenvalue weighted by Gasteiger charge is -2.27. The van der Waals surface area contributed by atoms with Crippen molar-refractivity contribution in [3.05, 3.63) is 0 Å². The molecule has 72 valence electrons. The van der Waals surface area contributed by atoms with Gasteiger partial charge in [0.15, 0.2) is 0 Å². The van der Waals surface area contributed by atoms with Gasteiger partial charge in [-0.05, 0) is 54.8 Å². The Morgan fingerprint density at radius 3 is 1.54 bits per heavy atom. The van der Waals surface area contributed by atoms with E-state index < -0.39 is 0 Å². The Labute approximate surface area is 78.0 Å². The van der Waals surface area contributed by atoms with Gasteiger partial charge < -0.3 is 10.2 Å². The lowest BCUT2D eigenvalue weighted by atomic mass is 9.79. The van der Waals surface area contributed by atoms with Crippen LogP contribution >= 0.6 is 0 Å². The molecule has 0 saturated heterocycles. The fraction of sp³-hybridized carbons (Fsp3) is 1.00. The zero-order valence-corrected chi connectivity index (χ0v) is 7.63. The van der Waals surface area contributed by atoms with E-state index in [0.717, 1.165) is 36.5 Å². The van der Waals surface area contributed by atoms with Crippen molar-refractivity contribution in [1.29, 1.82) is 0 Å². The predicted octanol–water partition coefficient (Wildman–Crippen LogP) is 0.630. The van der Waals surface area contributed by atoms with E-state index in [1.165, 1.54) is 6.42 Å². The summed E-state index contributed by atoms with van der Waals surface area (Å²) >= 11 is 0. The first-order valence-corrected chi connectivity index (χ1v) is 5.63. The van der Waals surface area contributed by atoms with Crippen LogP contribution < -0.4 is 0 Å². The van der Waals surface area contributed by atoms with Gasteiger partial charge in [-0.25, -0.2) is 0 Å². The molecule has 0 spiro atoms. The van der Waals surface area contributed by atoms with Gasteiger partial charge in [-0.1, -0.05) is 0 Å². The Hall–Kier alpha value is -0.0800. The minimum Gasteiger partial charge on any atom is -0.393 e. The first kappa shape index (κ1) is 7.24. The molecule has 0 aliphatic heterocycles. The first-order chi connectivity index (χ1) is 6.27. The molecular weight excluding hydrogens is 164 g/mol. The Morgan fingerprint density at radius 1 is 0.615 bits per heavy atom. The minimum absolute atomic E-state index is 0.0788. The topological polar surface area (TPSA) is 40.5 Å². The van der Waals surface area contributed by atoms with Crippen LogP contribution in [0.5, 0.6) is 0 Å². The van der Waals surface area contributed by atoms with Crippen molar-refractivity contribution in [2.75, 3.05) is 0 Å². The van der Waals surface area contributed by atoms with Gasteiger partial charge in [0, 0.05) is 0 Å². The molecule has 4 rings (SSSR count). The smallest absolute Gasteiger partial charge is 0.0577 e. The molecule has 4 saturated carbocycles. The number of aliphatic hydroxyl groups excluding tert-OH is 2. The number of aliphatic hydroxyl groups is 2. The summed E-state index contributed by atoms with van der Waals surface area (Å²) in [5.41, 5.74) is 0. The summed E-state index contributed by atoms with van der Waals surface area (Å²) < 4.78 is 0. The summed E-state index contributed by atoms with van der Waals surface area (Å²) in [6, 6.07) is 0. The molecule has 0 amide bonds. The minimum atomic E-state index is -0.0788. The molecule has 2 N–H and O–H groups in total. The monoisotopic (exact) mass is 180 g/mol. The fourth-order valence-corrected chi connectivity index (χ4v) is 5.41. The third-order valence-corrected chi connectivity index (χ3v) is 5.54. The average Bonchev–Trinajstić information content (AvgIpc) is 2.67. The maximum atomic E-state index is 9.93. The summed E-state index contributed by atoms with van der Waals surface area (Å²) in [5, 5.41) is 19.9. The van der Waals surface area contributed by atoms with Crippen LogP contribution in [-0.4, -0.2) is 22.4 Å². The maximum absolute atomic E-state index is 9.93. The van der Waals surface area contributed by atoms with Gasteiger partial charge in [0.2, 0.25) is 0 Å². The second-order valence-corrected chi connectivity index (χ2v) is 5.65. The normalized spacial score (nSPS) is 72.5. The van der Waals surface area contributed by atoms with E-state index in [1.54, 1.807) is 0 Å². The molecule has 2 heteroatoms. The highest BCUT2D eigenvalue weighted by atomic mass is 16.3. The summed E-state index contributed by atoms with van der Waals surface area (Å²) in [6.45, 7) is 0. The molecule has 0 unspecified atom stereocenters. The maximum Gasteiger partial charge on any atom is 0.0577 e. The molecule has 2 bridgehead atoms. The molecule has 8 atom stereocenters. The summed E-state index contributed by atoms with van der Waals surface area (Å²) in [5.74, 6) is 4.07. The fourth-order valence-electron chi connectivity index (χ4n) is 5.41. The molecule has 0 aromatic carbocycles. The second-order valence-electron chi connectivity index (χ2n) is 5.65. The highest BCUT2D eigenvalue weighted by molar-refractivity contribution is 5.17.